The van der Waals surface area contributed by atoms with Crippen LogP contribution in [0.15, 0.2) is 0 Å². The highest BCUT2D eigenvalue weighted by Crippen LogP contribution is 2.20. The Labute approximate surface area is 107 Å². The summed E-state index contributed by atoms with van der Waals surface area (Å²) in [6, 6.07) is 0.0650. The number of nitrogens with two attached hydrogens (primary N) is 1. The van der Waals surface area contributed by atoms with Gasteiger partial charge in [0.1, 0.15) is 0 Å². The minimum atomic E-state index is -0.791. The fraction of sp³-hybridized carbons (Fsp3) is 0.833. The fourth-order valence-electron chi connectivity index (χ4n) is 2.42. The van der Waals surface area contributed by atoms with Crippen LogP contribution in [0.1, 0.15) is 25.7 Å². The molecular weight excluding hydrogens is 236 g/mol. The molecule has 0 aromatic heterocycles. The van der Waals surface area contributed by atoms with Crippen LogP contribution >= 0.6 is 0 Å². The summed E-state index contributed by atoms with van der Waals surface area (Å²) < 4.78 is 4.61. The molecule has 0 bridgehead atoms. The lowest BCUT2D eigenvalue weighted by molar-refractivity contribution is -0.141. The van der Waals surface area contributed by atoms with E-state index in [4.69, 9.17) is 10.8 Å². The van der Waals surface area contributed by atoms with E-state index in [0.717, 1.165) is 25.9 Å². The summed E-state index contributed by atoms with van der Waals surface area (Å²) in [5, 5.41) is 8.66. The van der Waals surface area contributed by atoms with Crippen LogP contribution in [0.4, 0.5) is 0 Å². The lowest BCUT2D eigenvalue weighted by atomic mass is 9.90. The van der Waals surface area contributed by atoms with Gasteiger partial charge < -0.3 is 20.5 Å². The van der Waals surface area contributed by atoms with E-state index in [0.29, 0.717) is 18.9 Å². The van der Waals surface area contributed by atoms with Crippen molar-refractivity contribution in [2.24, 2.45) is 11.7 Å². The molecule has 0 radical (unpaired) electrons. The first kappa shape index (κ1) is 14.9. The first-order valence-corrected chi connectivity index (χ1v) is 6.27. The fourth-order valence-corrected chi connectivity index (χ4v) is 2.42. The van der Waals surface area contributed by atoms with Gasteiger partial charge in [0.2, 0.25) is 0 Å². The number of ether oxygens (including phenoxy) is 1. The summed E-state index contributed by atoms with van der Waals surface area (Å²) in [5.74, 6) is -0.645. The van der Waals surface area contributed by atoms with Gasteiger partial charge >= 0.3 is 11.9 Å². The van der Waals surface area contributed by atoms with Gasteiger partial charge in [0.15, 0.2) is 0 Å². The van der Waals surface area contributed by atoms with Crippen LogP contribution in [0.5, 0.6) is 0 Å². The smallest absolute Gasteiger partial charge is 0.305 e. The van der Waals surface area contributed by atoms with Crippen molar-refractivity contribution >= 4 is 11.9 Å². The number of carbonyl (C=O) groups excluding carboxylic acids is 1. The van der Waals surface area contributed by atoms with Crippen LogP contribution in [-0.4, -0.2) is 54.7 Å². The minimum absolute atomic E-state index is 0.0650. The summed E-state index contributed by atoms with van der Waals surface area (Å²) in [6.45, 7) is 2.08. The van der Waals surface area contributed by atoms with Crippen molar-refractivity contribution in [2.75, 3.05) is 26.7 Å². The molecule has 1 saturated heterocycles. The number of rotatable bonds is 6. The topological polar surface area (TPSA) is 92.9 Å². The molecule has 0 amide bonds. The zero-order valence-electron chi connectivity index (χ0n) is 10.8. The van der Waals surface area contributed by atoms with Crippen molar-refractivity contribution in [3.05, 3.63) is 0 Å². The molecule has 6 heteroatoms. The van der Waals surface area contributed by atoms with E-state index in [-0.39, 0.29) is 18.4 Å². The second-order valence-corrected chi connectivity index (χ2v) is 4.88. The van der Waals surface area contributed by atoms with Crippen LogP contribution < -0.4 is 5.73 Å². The molecule has 3 N–H and O–H groups in total. The van der Waals surface area contributed by atoms with Gasteiger partial charge in [-0.2, -0.15) is 0 Å². The van der Waals surface area contributed by atoms with E-state index < -0.39 is 5.97 Å². The maximum atomic E-state index is 11.1. The molecule has 1 heterocycles. The quantitative estimate of drug-likeness (QED) is 0.655. The van der Waals surface area contributed by atoms with Gasteiger partial charge in [-0.25, -0.2) is 0 Å². The van der Waals surface area contributed by atoms with E-state index >= 15 is 0 Å². The molecule has 104 valence electrons. The number of hydrogen-bond acceptors (Lipinski definition) is 5. The average Bonchev–Trinajstić information content (AvgIpc) is 2.33. The predicted octanol–water partition coefficient (Wildman–Crippen LogP) is 0.0635. The number of hydrogen-bond donors (Lipinski definition) is 2. The van der Waals surface area contributed by atoms with Gasteiger partial charge in [-0.1, -0.05) is 0 Å². The predicted molar refractivity (Wildman–Crippen MR) is 66.0 cm³/mol. The molecule has 0 saturated carbocycles. The molecule has 0 spiro atoms. The molecular formula is C12H22N2O4. The van der Waals surface area contributed by atoms with Gasteiger partial charge in [-0.15, -0.1) is 0 Å². The molecule has 18 heavy (non-hydrogen) atoms. The highest BCUT2D eigenvalue weighted by atomic mass is 16.5. The lowest BCUT2D eigenvalue weighted by Gasteiger charge is -2.36. The second kappa shape index (κ2) is 7.33. The number of nitrogens with zero attached hydrogens (tertiary/aromatic N) is 1. The number of esters is 1. The van der Waals surface area contributed by atoms with Gasteiger partial charge in [0.05, 0.1) is 13.5 Å². The Hall–Kier alpha value is -1.14. The number of likely N-dealkylation sites (tertiary alicyclic amines) is 1. The highest BCUT2D eigenvalue weighted by molar-refractivity contribution is 5.69. The third-order valence-electron chi connectivity index (χ3n) is 3.27. The van der Waals surface area contributed by atoms with E-state index in [1.54, 1.807) is 0 Å². The molecule has 2 atom stereocenters. The van der Waals surface area contributed by atoms with E-state index in [1.165, 1.54) is 7.11 Å². The molecule has 1 aliphatic heterocycles. The van der Waals surface area contributed by atoms with Crippen molar-refractivity contribution in [1.82, 2.24) is 4.90 Å². The minimum Gasteiger partial charge on any atom is -0.481 e. The van der Waals surface area contributed by atoms with Crippen molar-refractivity contribution in [3.63, 3.8) is 0 Å². The van der Waals surface area contributed by atoms with E-state index in [1.807, 2.05) is 0 Å². The third-order valence-corrected chi connectivity index (χ3v) is 3.27. The number of aliphatic carboxylic acids is 1. The normalized spacial score (nSPS) is 24.8. The highest BCUT2D eigenvalue weighted by Gasteiger charge is 2.25. The molecule has 0 aliphatic carbocycles. The maximum Gasteiger partial charge on any atom is 0.305 e. The van der Waals surface area contributed by atoms with Gasteiger partial charge in [-0.05, 0) is 18.8 Å². The Morgan fingerprint density at radius 2 is 2.11 bits per heavy atom. The summed E-state index contributed by atoms with van der Waals surface area (Å²) >= 11 is 0. The van der Waals surface area contributed by atoms with Gasteiger partial charge in [0, 0.05) is 32.1 Å². The largest absolute Gasteiger partial charge is 0.481 e. The molecule has 1 rings (SSSR count). The second-order valence-electron chi connectivity index (χ2n) is 4.88. The molecule has 0 aromatic rings. The van der Waals surface area contributed by atoms with Gasteiger partial charge in [-0.3, -0.25) is 9.59 Å². The zero-order valence-corrected chi connectivity index (χ0v) is 10.8. The Morgan fingerprint density at radius 3 is 2.72 bits per heavy atom. The van der Waals surface area contributed by atoms with Crippen LogP contribution in [0, 0.1) is 5.92 Å². The number of methoxy groups -OCH3 is 1. The number of piperidine rings is 1. The summed E-state index contributed by atoms with van der Waals surface area (Å²) in [4.78, 5) is 23.7. The summed E-state index contributed by atoms with van der Waals surface area (Å²) in [5.41, 5.74) is 5.96. The SMILES string of the molecule is COC(=O)CCC1CC(N)CN(CCC(=O)O)C1. The van der Waals surface area contributed by atoms with Crippen LogP contribution in [-0.2, 0) is 14.3 Å². The number of carboxylic acids is 1. The summed E-state index contributed by atoms with van der Waals surface area (Å²) in [7, 11) is 1.38. The monoisotopic (exact) mass is 258 g/mol. The average molecular weight is 258 g/mol. The van der Waals surface area contributed by atoms with Crippen molar-refractivity contribution in [2.45, 2.75) is 31.7 Å². The third kappa shape index (κ3) is 5.46. The Bertz CT molecular complexity index is 296. The lowest BCUT2D eigenvalue weighted by Crippen LogP contribution is -2.47. The van der Waals surface area contributed by atoms with Gasteiger partial charge in [0.25, 0.3) is 0 Å². The summed E-state index contributed by atoms with van der Waals surface area (Å²) in [6.07, 6.45) is 2.18. The standard InChI is InChI=1S/C12H22N2O4/c1-18-12(17)3-2-9-6-10(13)8-14(7-9)5-4-11(15)16/h9-10H,2-8,13H2,1H3,(H,15,16). The van der Waals surface area contributed by atoms with Crippen molar-refractivity contribution in [3.8, 4) is 0 Å². The zero-order chi connectivity index (χ0) is 13.5. The molecule has 2 unspecified atom stereocenters. The van der Waals surface area contributed by atoms with E-state index in [9.17, 15) is 9.59 Å². The molecule has 1 fully saturated rings. The first-order chi connectivity index (χ1) is 8.51. The van der Waals surface area contributed by atoms with Crippen molar-refractivity contribution < 1.29 is 19.4 Å². The first-order valence-electron chi connectivity index (χ1n) is 6.27. The Morgan fingerprint density at radius 1 is 1.39 bits per heavy atom. The molecule has 1 aliphatic rings. The number of carboxylic acid groups (broad SMARTS) is 1. The Balaban J connectivity index is 2.35. The van der Waals surface area contributed by atoms with Crippen LogP contribution in [0.2, 0.25) is 0 Å². The Kier molecular flexibility index (Phi) is 6.07. The maximum absolute atomic E-state index is 11.1. The number of carbonyl (C=O) groups is 2. The van der Waals surface area contributed by atoms with Crippen LogP contribution in [0.25, 0.3) is 0 Å². The molecule has 6 nitrogen and oxygen atoms in total. The van der Waals surface area contributed by atoms with Crippen LogP contribution in [0.3, 0.4) is 0 Å². The molecule has 0 aromatic carbocycles. The van der Waals surface area contributed by atoms with Crippen molar-refractivity contribution in [1.29, 1.82) is 0 Å². The van der Waals surface area contributed by atoms with E-state index in [2.05, 4.69) is 9.64 Å².